The van der Waals surface area contributed by atoms with E-state index in [-0.39, 0.29) is 6.10 Å². The van der Waals surface area contributed by atoms with Crippen molar-refractivity contribution in [3.8, 4) is 22.2 Å². The number of rotatable bonds is 3. The fraction of sp³-hybridized carbons (Fsp3) is 0.312. The second-order valence-corrected chi connectivity index (χ2v) is 6.17. The largest absolute Gasteiger partial charge is 0.370 e. The molecule has 1 atom stereocenters. The molecule has 3 aromatic rings. The fourth-order valence-corrected chi connectivity index (χ4v) is 3.44. The van der Waals surface area contributed by atoms with E-state index in [1.807, 2.05) is 17.5 Å². The molecule has 1 unspecified atom stereocenters. The summed E-state index contributed by atoms with van der Waals surface area (Å²) in [7, 11) is 0. The minimum absolute atomic E-state index is 0.0352. The number of thiazole rings is 1. The summed E-state index contributed by atoms with van der Waals surface area (Å²) >= 11 is 1.58. The summed E-state index contributed by atoms with van der Waals surface area (Å²) in [5, 5.41) is 6.94. The molecule has 0 spiro atoms. The topological polar surface area (TPSA) is 61.0 Å². The zero-order chi connectivity index (χ0) is 14.9. The Morgan fingerprint density at radius 1 is 1.23 bits per heavy atom. The van der Waals surface area contributed by atoms with Gasteiger partial charge < -0.3 is 9.26 Å². The first-order chi connectivity index (χ1) is 10.8. The van der Waals surface area contributed by atoms with E-state index in [9.17, 15) is 0 Å². The van der Waals surface area contributed by atoms with Crippen LogP contribution in [0.4, 0.5) is 0 Å². The van der Waals surface area contributed by atoms with Crippen molar-refractivity contribution in [2.75, 3.05) is 6.61 Å². The minimum Gasteiger partial charge on any atom is -0.370 e. The lowest BCUT2D eigenvalue weighted by Gasteiger charge is -2.00. The Kier molecular flexibility index (Phi) is 3.48. The van der Waals surface area contributed by atoms with Gasteiger partial charge in [-0.05, 0) is 25.3 Å². The molecule has 0 saturated carbocycles. The summed E-state index contributed by atoms with van der Waals surface area (Å²) in [6.45, 7) is 2.85. The maximum absolute atomic E-state index is 5.58. The van der Waals surface area contributed by atoms with Crippen LogP contribution in [0.3, 0.4) is 0 Å². The Morgan fingerprint density at radius 3 is 2.95 bits per heavy atom. The van der Waals surface area contributed by atoms with Crippen LogP contribution < -0.4 is 0 Å². The zero-order valence-corrected chi connectivity index (χ0v) is 13.0. The van der Waals surface area contributed by atoms with Crippen LogP contribution in [0.25, 0.3) is 22.2 Å². The number of benzene rings is 1. The normalized spacial score (nSPS) is 18.0. The van der Waals surface area contributed by atoms with E-state index in [2.05, 4.69) is 34.2 Å². The lowest BCUT2D eigenvalue weighted by molar-refractivity contribution is 0.103. The van der Waals surface area contributed by atoms with E-state index >= 15 is 0 Å². The summed E-state index contributed by atoms with van der Waals surface area (Å²) in [6.07, 6.45) is 1.96. The molecular formula is C16H15N3O2S. The number of hydrogen-bond acceptors (Lipinski definition) is 6. The molecule has 1 fully saturated rings. The van der Waals surface area contributed by atoms with Gasteiger partial charge in [-0.25, -0.2) is 4.98 Å². The predicted octanol–water partition coefficient (Wildman–Crippen LogP) is 4.02. The highest BCUT2D eigenvalue weighted by Gasteiger charge is 2.24. The van der Waals surface area contributed by atoms with Crippen LogP contribution in [0.1, 0.15) is 30.3 Å². The van der Waals surface area contributed by atoms with Gasteiger partial charge in [-0.2, -0.15) is 4.98 Å². The van der Waals surface area contributed by atoms with Gasteiger partial charge in [0, 0.05) is 17.6 Å². The molecule has 4 rings (SSSR count). The quantitative estimate of drug-likeness (QED) is 0.731. The number of hydrogen-bond donors (Lipinski definition) is 0. The molecule has 6 heteroatoms. The Bertz CT molecular complexity index is 790. The van der Waals surface area contributed by atoms with Crippen molar-refractivity contribution in [3.63, 3.8) is 0 Å². The number of aryl methyl sites for hydroxylation is 1. The van der Waals surface area contributed by atoms with Gasteiger partial charge in [0.15, 0.2) is 0 Å². The summed E-state index contributed by atoms with van der Waals surface area (Å²) < 4.78 is 10.9. The molecule has 0 radical (unpaired) electrons. The lowest BCUT2D eigenvalue weighted by Crippen LogP contribution is -1.97. The second-order valence-electron chi connectivity index (χ2n) is 5.31. The standard InChI is InChI=1S/C16H15N3O2S/c1-10-5-2-3-6-11(10)16-17-12(9-22-16)15-18-14(19-21-15)13-7-4-8-20-13/h2-3,5-6,9,13H,4,7-8H2,1H3. The third-order valence-electron chi connectivity index (χ3n) is 3.76. The molecule has 22 heavy (non-hydrogen) atoms. The van der Waals surface area contributed by atoms with E-state index in [1.54, 1.807) is 11.3 Å². The molecule has 1 aliphatic rings. The van der Waals surface area contributed by atoms with Gasteiger partial charge in [0.05, 0.1) is 0 Å². The first kappa shape index (κ1) is 13.6. The summed E-state index contributed by atoms with van der Waals surface area (Å²) in [4.78, 5) is 9.07. The maximum Gasteiger partial charge on any atom is 0.277 e. The average molecular weight is 313 g/mol. The smallest absolute Gasteiger partial charge is 0.277 e. The molecule has 1 aliphatic heterocycles. The van der Waals surface area contributed by atoms with Gasteiger partial charge in [-0.1, -0.05) is 29.4 Å². The van der Waals surface area contributed by atoms with Crippen molar-refractivity contribution in [2.45, 2.75) is 25.9 Å². The van der Waals surface area contributed by atoms with Crippen LogP contribution in [0.5, 0.6) is 0 Å². The monoisotopic (exact) mass is 313 g/mol. The average Bonchev–Trinajstić information content (AvgIpc) is 3.27. The van der Waals surface area contributed by atoms with Gasteiger partial charge in [0.2, 0.25) is 5.82 Å². The van der Waals surface area contributed by atoms with Gasteiger partial charge in [-0.15, -0.1) is 11.3 Å². The van der Waals surface area contributed by atoms with Gasteiger partial charge >= 0.3 is 0 Å². The molecule has 0 aliphatic carbocycles. The van der Waals surface area contributed by atoms with Crippen molar-refractivity contribution >= 4 is 11.3 Å². The van der Waals surface area contributed by atoms with Gasteiger partial charge in [0.25, 0.3) is 5.89 Å². The SMILES string of the molecule is Cc1ccccc1-c1nc(-c2nc(C3CCCO3)no2)cs1. The molecule has 0 amide bonds. The van der Waals surface area contributed by atoms with E-state index < -0.39 is 0 Å². The van der Waals surface area contributed by atoms with E-state index in [4.69, 9.17) is 9.26 Å². The van der Waals surface area contributed by atoms with E-state index in [1.165, 1.54) is 5.56 Å². The molecular weight excluding hydrogens is 298 g/mol. The Labute approximate surface area is 132 Å². The predicted molar refractivity (Wildman–Crippen MR) is 83.5 cm³/mol. The molecule has 2 aromatic heterocycles. The van der Waals surface area contributed by atoms with Crippen LogP contribution in [0.2, 0.25) is 0 Å². The second kappa shape index (κ2) is 5.62. The maximum atomic E-state index is 5.58. The highest BCUT2D eigenvalue weighted by atomic mass is 32.1. The van der Waals surface area contributed by atoms with Crippen LogP contribution in [0.15, 0.2) is 34.2 Å². The zero-order valence-electron chi connectivity index (χ0n) is 12.2. The molecule has 5 nitrogen and oxygen atoms in total. The van der Waals surface area contributed by atoms with Gasteiger partial charge in [-0.3, -0.25) is 0 Å². The molecule has 1 saturated heterocycles. The van der Waals surface area contributed by atoms with Crippen molar-refractivity contribution in [2.24, 2.45) is 0 Å². The highest BCUT2D eigenvalue weighted by molar-refractivity contribution is 7.13. The van der Waals surface area contributed by atoms with Crippen molar-refractivity contribution < 1.29 is 9.26 Å². The van der Waals surface area contributed by atoms with E-state index in [0.29, 0.717) is 11.7 Å². The number of aromatic nitrogens is 3. The third-order valence-corrected chi connectivity index (χ3v) is 4.63. The fourth-order valence-electron chi connectivity index (χ4n) is 2.56. The number of nitrogens with zero attached hydrogens (tertiary/aromatic N) is 3. The number of ether oxygens (including phenoxy) is 1. The third kappa shape index (κ3) is 2.44. The minimum atomic E-state index is -0.0352. The van der Waals surface area contributed by atoms with Crippen molar-refractivity contribution in [3.05, 3.63) is 41.0 Å². The van der Waals surface area contributed by atoms with Crippen LogP contribution in [-0.2, 0) is 4.74 Å². The van der Waals surface area contributed by atoms with Crippen LogP contribution in [-0.4, -0.2) is 21.7 Å². The summed E-state index contributed by atoms with van der Waals surface area (Å²) in [5.41, 5.74) is 3.06. The van der Waals surface area contributed by atoms with Crippen LogP contribution >= 0.6 is 11.3 Å². The molecule has 1 aromatic carbocycles. The Hall–Kier alpha value is -2.05. The van der Waals surface area contributed by atoms with Gasteiger partial charge in [0.1, 0.15) is 16.8 Å². The summed E-state index contributed by atoms with van der Waals surface area (Å²) in [5.74, 6) is 1.08. The summed E-state index contributed by atoms with van der Waals surface area (Å²) in [6, 6.07) is 8.20. The molecule has 0 bridgehead atoms. The lowest BCUT2D eigenvalue weighted by atomic mass is 10.1. The Morgan fingerprint density at radius 2 is 2.14 bits per heavy atom. The molecule has 112 valence electrons. The van der Waals surface area contributed by atoms with Crippen molar-refractivity contribution in [1.29, 1.82) is 0 Å². The molecule has 0 N–H and O–H groups in total. The van der Waals surface area contributed by atoms with Crippen molar-refractivity contribution in [1.82, 2.24) is 15.1 Å². The van der Waals surface area contributed by atoms with Crippen LogP contribution in [0, 0.1) is 6.92 Å². The Balaban J connectivity index is 1.63. The highest BCUT2D eigenvalue weighted by Crippen LogP contribution is 2.32. The molecule has 3 heterocycles. The first-order valence-electron chi connectivity index (χ1n) is 7.28. The van der Waals surface area contributed by atoms with E-state index in [0.717, 1.165) is 35.7 Å². The first-order valence-corrected chi connectivity index (χ1v) is 8.16.